The molecule has 1 aromatic heterocycles. The van der Waals surface area contributed by atoms with Gasteiger partial charge in [-0.3, -0.25) is 9.78 Å². The Morgan fingerprint density at radius 1 is 1.50 bits per heavy atom. The molecule has 0 saturated heterocycles. The predicted octanol–water partition coefficient (Wildman–Crippen LogP) is 2.05. The van der Waals surface area contributed by atoms with E-state index in [9.17, 15) is 4.79 Å². The smallest absolute Gasteiger partial charge is 0.321 e. The van der Waals surface area contributed by atoms with Crippen molar-refractivity contribution in [2.24, 2.45) is 5.73 Å². The highest BCUT2D eigenvalue weighted by molar-refractivity contribution is 7.99. The number of nitrogens with two attached hydrogens (primary N) is 1. The number of hydrogen-bond acceptors (Lipinski definition) is 4. The minimum Gasteiger partial charge on any atom is -0.480 e. The predicted molar refractivity (Wildman–Crippen MR) is 72.8 cm³/mol. The van der Waals surface area contributed by atoms with Crippen molar-refractivity contribution in [1.29, 1.82) is 0 Å². The Labute approximate surface area is 109 Å². The minimum absolute atomic E-state index is 0.350. The number of para-hydroxylation sites is 1. The van der Waals surface area contributed by atoms with Crippen LogP contribution in [0.15, 0.2) is 35.2 Å². The first-order valence-corrected chi connectivity index (χ1v) is 6.54. The normalized spacial score (nSPS) is 12.6. The maximum Gasteiger partial charge on any atom is 0.321 e. The molecule has 0 aliphatic rings. The topological polar surface area (TPSA) is 76.2 Å². The number of carboxylic acids is 1. The van der Waals surface area contributed by atoms with E-state index in [4.69, 9.17) is 10.8 Å². The average Bonchev–Trinajstić information content (AvgIpc) is 2.35. The lowest BCUT2D eigenvalue weighted by atomic mass is 10.2. The van der Waals surface area contributed by atoms with Crippen LogP contribution in [-0.4, -0.2) is 27.9 Å². The van der Waals surface area contributed by atoms with Crippen LogP contribution in [0.1, 0.15) is 5.69 Å². The molecule has 0 amide bonds. The summed E-state index contributed by atoms with van der Waals surface area (Å²) in [5.74, 6) is -0.624. The van der Waals surface area contributed by atoms with E-state index < -0.39 is 12.0 Å². The highest BCUT2D eigenvalue weighted by atomic mass is 32.2. The number of aryl methyl sites for hydroxylation is 1. The van der Waals surface area contributed by atoms with E-state index in [1.54, 1.807) is 0 Å². The summed E-state index contributed by atoms with van der Waals surface area (Å²) >= 11 is 1.45. The van der Waals surface area contributed by atoms with Crippen molar-refractivity contribution >= 4 is 28.6 Å². The van der Waals surface area contributed by atoms with Crippen LogP contribution >= 0.6 is 11.8 Å². The second-order valence-electron chi connectivity index (χ2n) is 4.03. The molecule has 1 atom stereocenters. The highest BCUT2D eigenvalue weighted by Gasteiger charge is 2.13. The van der Waals surface area contributed by atoms with Crippen LogP contribution < -0.4 is 5.73 Å². The molecule has 0 radical (unpaired) electrons. The standard InChI is InChI=1S/C13H14N2O2S/c1-8-6-12(18-7-10(14)13(16)17)9-4-2-3-5-11(9)15-8/h2-6,10H,7,14H2,1H3,(H,16,17)/t10-/m0/s1. The van der Waals surface area contributed by atoms with Gasteiger partial charge in [0.05, 0.1) is 5.52 Å². The third-order valence-corrected chi connectivity index (χ3v) is 3.72. The van der Waals surface area contributed by atoms with Crippen LogP contribution in [0.2, 0.25) is 0 Å². The molecular weight excluding hydrogens is 248 g/mol. The molecule has 0 spiro atoms. The van der Waals surface area contributed by atoms with Gasteiger partial charge in [-0.05, 0) is 19.1 Å². The van der Waals surface area contributed by atoms with E-state index in [1.807, 2.05) is 37.3 Å². The van der Waals surface area contributed by atoms with Crippen LogP contribution in [0, 0.1) is 6.92 Å². The quantitative estimate of drug-likeness (QED) is 0.825. The zero-order valence-corrected chi connectivity index (χ0v) is 10.8. The Balaban J connectivity index is 2.29. The van der Waals surface area contributed by atoms with Gasteiger partial charge in [-0.25, -0.2) is 0 Å². The summed E-state index contributed by atoms with van der Waals surface area (Å²) in [6, 6.07) is 8.93. The maximum atomic E-state index is 10.7. The fraction of sp³-hybridized carbons (Fsp3) is 0.231. The van der Waals surface area contributed by atoms with Crippen LogP contribution in [-0.2, 0) is 4.79 Å². The van der Waals surface area contributed by atoms with Gasteiger partial charge >= 0.3 is 5.97 Å². The summed E-state index contributed by atoms with van der Waals surface area (Å²) in [4.78, 5) is 16.2. The van der Waals surface area contributed by atoms with E-state index in [1.165, 1.54) is 11.8 Å². The van der Waals surface area contributed by atoms with Crippen molar-refractivity contribution in [3.05, 3.63) is 36.0 Å². The number of rotatable bonds is 4. The molecule has 0 saturated carbocycles. The first-order valence-electron chi connectivity index (χ1n) is 5.55. The van der Waals surface area contributed by atoms with E-state index >= 15 is 0 Å². The van der Waals surface area contributed by atoms with Gasteiger partial charge in [0.1, 0.15) is 6.04 Å². The fourth-order valence-electron chi connectivity index (χ4n) is 1.64. The van der Waals surface area contributed by atoms with Gasteiger partial charge < -0.3 is 10.8 Å². The minimum atomic E-state index is -0.974. The molecule has 0 bridgehead atoms. The Kier molecular flexibility index (Phi) is 3.84. The molecule has 0 aliphatic carbocycles. The zero-order chi connectivity index (χ0) is 13.1. The summed E-state index contributed by atoms with van der Waals surface area (Å²) in [7, 11) is 0. The van der Waals surface area contributed by atoms with Crippen LogP contribution in [0.4, 0.5) is 0 Å². The number of thioether (sulfide) groups is 1. The molecule has 1 aromatic carbocycles. The average molecular weight is 262 g/mol. The number of benzene rings is 1. The molecule has 1 heterocycles. The lowest BCUT2D eigenvalue weighted by molar-refractivity contribution is -0.137. The third kappa shape index (κ3) is 2.80. The molecule has 2 rings (SSSR count). The number of aliphatic carboxylic acids is 1. The number of pyridine rings is 1. The van der Waals surface area contributed by atoms with Gasteiger partial charge in [0.2, 0.25) is 0 Å². The van der Waals surface area contributed by atoms with E-state index in [0.717, 1.165) is 21.5 Å². The maximum absolute atomic E-state index is 10.7. The van der Waals surface area contributed by atoms with Crippen molar-refractivity contribution in [3.8, 4) is 0 Å². The number of nitrogens with zero attached hydrogens (tertiary/aromatic N) is 1. The van der Waals surface area contributed by atoms with Gasteiger partial charge in [0.25, 0.3) is 0 Å². The van der Waals surface area contributed by atoms with Crippen LogP contribution in [0.25, 0.3) is 10.9 Å². The lowest BCUT2D eigenvalue weighted by Gasteiger charge is -2.09. The Morgan fingerprint density at radius 3 is 2.94 bits per heavy atom. The van der Waals surface area contributed by atoms with Crippen LogP contribution in [0.5, 0.6) is 0 Å². The number of fused-ring (bicyclic) bond motifs is 1. The summed E-state index contributed by atoms with van der Waals surface area (Å²) in [6.45, 7) is 1.92. The molecule has 2 aromatic rings. The van der Waals surface area contributed by atoms with E-state index in [-0.39, 0.29) is 0 Å². The van der Waals surface area contributed by atoms with Gasteiger partial charge in [-0.1, -0.05) is 18.2 Å². The summed E-state index contributed by atoms with van der Waals surface area (Å²) in [5, 5.41) is 9.81. The lowest BCUT2D eigenvalue weighted by Crippen LogP contribution is -2.32. The van der Waals surface area contributed by atoms with E-state index in [2.05, 4.69) is 4.98 Å². The van der Waals surface area contributed by atoms with Crippen molar-refractivity contribution in [2.75, 3.05) is 5.75 Å². The SMILES string of the molecule is Cc1cc(SC[C@H](N)C(=O)O)c2ccccc2n1. The second kappa shape index (κ2) is 5.37. The number of aromatic nitrogens is 1. The second-order valence-corrected chi connectivity index (χ2v) is 5.10. The largest absolute Gasteiger partial charge is 0.480 e. The molecule has 0 aliphatic heterocycles. The zero-order valence-electron chi connectivity index (χ0n) is 9.96. The number of carbonyl (C=O) groups is 1. The number of carboxylic acid groups (broad SMARTS) is 1. The Hall–Kier alpha value is -1.59. The summed E-state index contributed by atoms with van der Waals surface area (Å²) in [5.41, 5.74) is 7.35. The van der Waals surface area contributed by atoms with Crippen molar-refractivity contribution in [3.63, 3.8) is 0 Å². The first kappa shape index (κ1) is 12.9. The van der Waals surface area contributed by atoms with Crippen molar-refractivity contribution < 1.29 is 9.90 Å². The molecule has 0 unspecified atom stereocenters. The summed E-state index contributed by atoms with van der Waals surface area (Å²) < 4.78 is 0. The molecule has 5 heteroatoms. The summed E-state index contributed by atoms with van der Waals surface area (Å²) in [6.07, 6.45) is 0. The molecule has 0 fully saturated rings. The third-order valence-electron chi connectivity index (χ3n) is 2.54. The van der Waals surface area contributed by atoms with Crippen molar-refractivity contribution in [1.82, 2.24) is 4.98 Å². The first-order chi connectivity index (χ1) is 8.58. The monoisotopic (exact) mass is 262 g/mol. The Bertz CT molecular complexity index is 586. The molecule has 94 valence electrons. The molecular formula is C13H14N2O2S. The highest BCUT2D eigenvalue weighted by Crippen LogP contribution is 2.27. The van der Waals surface area contributed by atoms with Gasteiger partial charge in [-0.2, -0.15) is 0 Å². The molecule has 4 nitrogen and oxygen atoms in total. The van der Waals surface area contributed by atoms with Gasteiger partial charge in [-0.15, -0.1) is 11.8 Å². The van der Waals surface area contributed by atoms with Crippen LogP contribution in [0.3, 0.4) is 0 Å². The molecule has 18 heavy (non-hydrogen) atoms. The van der Waals surface area contributed by atoms with Crippen molar-refractivity contribution in [2.45, 2.75) is 17.9 Å². The van der Waals surface area contributed by atoms with Gasteiger partial charge in [0, 0.05) is 21.7 Å². The van der Waals surface area contributed by atoms with Gasteiger partial charge in [0.15, 0.2) is 0 Å². The Morgan fingerprint density at radius 2 is 2.22 bits per heavy atom. The van der Waals surface area contributed by atoms with E-state index in [0.29, 0.717) is 5.75 Å². The number of hydrogen-bond donors (Lipinski definition) is 2. The fourth-order valence-corrected chi connectivity index (χ4v) is 2.72. The molecule has 3 N–H and O–H groups in total.